The number of piperidine rings is 1. The van der Waals surface area contributed by atoms with Gasteiger partial charge < -0.3 is 20.1 Å². The number of carbonyl (C=O) groups is 1. The summed E-state index contributed by atoms with van der Waals surface area (Å²) in [6.45, 7) is 4.40. The lowest BCUT2D eigenvalue weighted by atomic mass is 9.99. The van der Waals surface area contributed by atoms with E-state index in [0.29, 0.717) is 24.8 Å². The van der Waals surface area contributed by atoms with E-state index in [1.165, 1.54) is 0 Å². The van der Waals surface area contributed by atoms with Gasteiger partial charge in [0, 0.05) is 37.8 Å². The molecule has 2 atom stereocenters. The molecule has 0 spiro atoms. The van der Waals surface area contributed by atoms with Gasteiger partial charge in [-0.25, -0.2) is 0 Å². The summed E-state index contributed by atoms with van der Waals surface area (Å²) in [6, 6.07) is 7.83. The van der Waals surface area contributed by atoms with Gasteiger partial charge in [0.25, 0.3) is 5.91 Å². The maximum atomic E-state index is 12.4. The molecule has 0 aromatic heterocycles. The summed E-state index contributed by atoms with van der Waals surface area (Å²) in [5, 5.41) is 6.50. The number of carbonyl (C=O) groups excluding carboxylic acids is 1. The van der Waals surface area contributed by atoms with Crippen LogP contribution in [0.3, 0.4) is 0 Å². The molecule has 22 heavy (non-hydrogen) atoms. The van der Waals surface area contributed by atoms with E-state index < -0.39 is 0 Å². The van der Waals surface area contributed by atoms with Gasteiger partial charge in [-0.15, -0.1) is 0 Å². The van der Waals surface area contributed by atoms with Crippen molar-refractivity contribution in [1.82, 2.24) is 10.6 Å². The van der Waals surface area contributed by atoms with E-state index in [-0.39, 0.29) is 11.9 Å². The summed E-state index contributed by atoms with van der Waals surface area (Å²) in [6.07, 6.45) is 2.95. The standard InChI is InChI=1S/C17H26N2O3/c1-13-16(8-4-9-18-13)19-17(20)14-6-3-7-15(12-14)22-11-5-10-21-2/h3,6-7,12-13,16,18H,4-5,8-11H2,1-2H3,(H,19,20). The van der Waals surface area contributed by atoms with Gasteiger partial charge in [-0.2, -0.15) is 0 Å². The van der Waals surface area contributed by atoms with Crippen molar-refractivity contribution in [3.05, 3.63) is 29.8 Å². The van der Waals surface area contributed by atoms with Gasteiger partial charge in [-0.1, -0.05) is 6.07 Å². The van der Waals surface area contributed by atoms with E-state index in [1.54, 1.807) is 13.2 Å². The Labute approximate surface area is 132 Å². The van der Waals surface area contributed by atoms with Crippen LogP contribution >= 0.6 is 0 Å². The minimum atomic E-state index is -0.0390. The Morgan fingerprint density at radius 1 is 1.41 bits per heavy atom. The Kier molecular flexibility index (Phi) is 6.68. The van der Waals surface area contributed by atoms with Crippen molar-refractivity contribution in [3.8, 4) is 5.75 Å². The molecule has 2 rings (SSSR count). The van der Waals surface area contributed by atoms with Gasteiger partial charge in [0.2, 0.25) is 0 Å². The molecule has 1 saturated heterocycles. The molecular weight excluding hydrogens is 280 g/mol. The van der Waals surface area contributed by atoms with Crippen LogP contribution in [0.2, 0.25) is 0 Å². The molecule has 1 fully saturated rings. The van der Waals surface area contributed by atoms with Crippen molar-refractivity contribution in [2.45, 2.75) is 38.3 Å². The molecule has 1 aliphatic rings. The molecule has 1 heterocycles. The third-order valence-corrected chi connectivity index (χ3v) is 3.94. The van der Waals surface area contributed by atoms with Crippen LogP contribution in [0, 0.1) is 0 Å². The highest BCUT2D eigenvalue weighted by molar-refractivity contribution is 5.94. The van der Waals surface area contributed by atoms with Crippen LogP contribution < -0.4 is 15.4 Å². The minimum absolute atomic E-state index is 0.0390. The number of amides is 1. The molecule has 5 heteroatoms. The maximum Gasteiger partial charge on any atom is 0.251 e. The highest BCUT2D eigenvalue weighted by Gasteiger charge is 2.22. The molecule has 0 radical (unpaired) electrons. The van der Waals surface area contributed by atoms with Crippen LogP contribution in [0.5, 0.6) is 5.75 Å². The summed E-state index contributed by atoms with van der Waals surface area (Å²) in [4.78, 5) is 12.4. The molecule has 0 bridgehead atoms. The van der Waals surface area contributed by atoms with E-state index in [2.05, 4.69) is 17.6 Å². The van der Waals surface area contributed by atoms with Crippen molar-refractivity contribution in [2.75, 3.05) is 26.9 Å². The van der Waals surface area contributed by atoms with Gasteiger partial charge in [0.05, 0.1) is 6.61 Å². The Morgan fingerprint density at radius 2 is 2.27 bits per heavy atom. The second-order valence-electron chi connectivity index (χ2n) is 5.69. The molecular formula is C17H26N2O3. The lowest BCUT2D eigenvalue weighted by Gasteiger charge is -2.30. The van der Waals surface area contributed by atoms with Crippen molar-refractivity contribution in [1.29, 1.82) is 0 Å². The van der Waals surface area contributed by atoms with Crippen LogP contribution in [0.4, 0.5) is 0 Å². The second kappa shape index (κ2) is 8.76. The highest BCUT2D eigenvalue weighted by atomic mass is 16.5. The number of hydrogen-bond acceptors (Lipinski definition) is 4. The van der Waals surface area contributed by atoms with Gasteiger partial charge >= 0.3 is 0 Å². The van der Waals surface area contributed by atoms with E-state index in [9.17, 15) is 4.79 Å². The van der Waals surface area contributed by atoms with Gasteiger partial charge in [-0.05, 0) is 44.5 Å². The van der Waals surface area contributed by atoms with Crippen molar-refractivity contribution in [3.63, 3.8) is 0 Å². The Balaban J connectivity index is 1.89. The largest absolute Gasteiger partial charge is 0.493 e. The van der Waals surface area contributed by atoms with Crippen molar-refractivity contribution in [2.24, 2.45) is 0 Å². The average Bonchev–Trinajstić information content (AvgIpc) is 2.54. The zero-order valence-corrected chi connectivity index (χ0v) is 13.4. The molecule has 1 aliphatic heterocycles. The van der Waals surface area contributed by atoms with Gasteiger partial charge in [0.1, 0.15) is 5.75 Å². The topological polar surface area (TPSA) is 59.6 Å². The SMILES string of the molecule is COCCCOc1cccc(C(=O)NC2CCCNC2C)c1. The normalized spacial score (nSPS) is 21.4. The summed E-state index contributed by atoms with van der Waals surface area (Å²) in [5.41, 5.74) is 0.641. The number of benzene rings is 1. The Bertz CT molecular complexity index is 479. The number of methoxy groups -OCH3 is 1. The Morgan fingerprint density at radius 3 is 3.05 bits per heavy atom. The quantitative estimate of drug-likeness (QED) is 0.756. The van der Waals surface area contributed by atoms with Crippen molar-refractivity contribution < 1.29 is 14.3 Å². The third kappa shape index (κ3) is 5.00. The van der Waals surface area contributed by atoms with Crippen LogP contribution in [-0.4, -0.2) is 44.9 Å². The number of rotatable bonds is 7. The first-order valence-electron chi connectivity index (χ1n) is 7.97. The molecule has 2 N–H and O–H groups in total. The molecule has 1 aromatic carbocycles. The predicted octanol–water partition coefficient (Wildman–Crippen LogP) is 1.97. The monoisotopic (exact) mass is 306 g/mol. The summed E-state index contributed by atoms with van der Waals surface area (Å²) < 4.78 is 10.6. The fraction of sp³-hybridized carbons (Fsp3) is 0.588. The Hall–Kier alpha value is -1.59. The molecule has 0 aliphatic carbocycles. The average molecular weight is 306 g/mol. The zero-order valence-electron chi connectivity index (χ0n) is 13.4. The summed E-state index contributed by atoms with van der Waals surface area (Å²) in [5.74, 6) is 0.682. The molecule has 1 amide bonds. The molecule has 2 unspecified atom stereocenters. The van der Waals surface area contributed by atoms with Crippen LogP contribution in [0.1, 0.15) is 36.5 Å². The van der Waals surface area contributed by atoms with Crippen LogP contribution in [-0.2, 0) is 4.74 Å². The van der Waals surface area contributed by atoms with Gasteiger partial charge in [-0.3, -0.25) is 4.79 Å². The predicted molar refractivity (Wildman–Crippen MR) is 86.4 cm³/mol. The number of hydrogen-bond donors (Lipinski definition) is 2. The second-order valence-corrected chi connectivity index (χ2v) is 5.69. The lowest BCUT2D eigenvalue weighted by molar-refractivity contribution is 0.0919. The maximum absolute atomic E-state index is 12.4. The third-order valence-electron chi connectivity index (χ3n) is 3.94. The number of nitrogens with one attached hydrogen (secondary N) is 2. The molecule has 0 saturated carbocycles. The molecule has 122 valence electrons. The number of ether oxygens (including phenoxy) is 2. The minimum Gasteiger partial charge on any atom is -0.493 e. The summed E-state index contributed by atoms with van der Waals surface area (Å²) in [7, 11) is 1.67. The lowest BCUT2D eigenvalue weighted by Crippen LogP contribution is -2.51. The molecule has 1 aromatic rings. The fourth-order valence-corrected chi connectivity index (χ4v) is 2.61. The zero-order chi connectivity index (χ0) is 15.8. The van der Waals surface area contributed by atoms with Crippen LogP contribution in [0.15, 0.2) is 24.3 Å². The van der Waals surface area contributed by atoms with E-state index in [1.807, 2.05) is 18.2 Å². The highest BCUT2D eigenvalue weighted by Crippen LogP contribution is 2.15. The molecule has 5 nitrogen and oxygen atoms in total. The van der Waals surface area contributed by atoms with Gasteiger partial charge in [0.15, 0.2) is 0 Å². The van der Waals surface area contributed by atoms with Crippen LogP contribution in [0.25, 0.3) is 0 Å². The summed E-state index contributed by atoms with van der Waals surface area (Å²) >= 11 is 0. The van der Waals surface area contributed by atoms with E-state index >= 15 is 0 Å². The smallest absolute Gasteiger partial charge is 0.251 e. The first-order valence-corrected chi connectivity index (χ1v) is 7.97. The first kappa shape index (κ1) is 16.8. The van der Waals surface area contributed by atoms with Crippen molar-refractivity contribution >= 4 is 5.91 Å². The fourth-order valence-electron chi connectivity index (χ4n) is 2.61. The first-order chi connectivity index (χ1) is 10.7. The van der Waals surface area contributed by atoms with E-state index in [4.69, 9.17) is 9.47 Å². The van der Waals surface area contributed by atoms with E-state index in [0.717, 1.165) is 31.6 Å².